The maximum absolute atomic E-state index is 13.6. The molecule has 9 heteroatoms. The van der Waals surface area contributed by atoms with Crippen LogP contribution in [0.2, 0.25) is 5.02 Å². The summed E-state index contributed by atoms with van der Waals surface area (Å²) in [6.07, 6.45) is 2.72. The number of sulfonamides is 1. The zero-order valence-electron chi connectivity index (χ0n) is 20.2. The minimum absolute atomic E-state index is 0.0386. The number of halogens is 1. The SMILES string of the molecule is CCC(C)NC(=O)C(CC)N(CCc1ccccc1)C(=O)CN(c1ccccc1Cl)S(C)(=O)=O. The standard InChI is InChI=1S/C25H34ClN3O4S/c1-5-19(3)27-25(31)22(6-2)28(17-16-20-12-8-7-9-13-20)24(30)18-29(34(4,32)33)23-15-11-10-14-21(23)26/h7-15,19,22H,5-6,16-18H2,1-4H3,(H,27,31). The molecule has 0 bridgehead atoms. The van der Waals surface area contributed by atoms with Gasteiger partial charge in [0.25, 0.3) is 0 Å². The van der Waals surface area contributed by atoms with E-state index in [1.807, 2.05) is 51.1 Å². The van der Waals surface area contributed by atoms with E-state index in [0.717, 1.165) is 22.5 Å². The molecule has 7 nitrogen and oxygen atoms in total. The van der Waals surface area contributed by atoms with Crippen molar-refractivity contribution in [1.29, 1.82) is 0 Å². The topological polar surface area (TPSA) is 86.8 Å². The van der Waals surface area contributed by atoms with E-state index < -0.39 is 28.5 Å². The van der Waals surface area contributed by atoms with E-state index in [0.29, 0.717) is 12.8 Å². The van der Waals surface area contributed by atoms with Crippen molar-refractivity contribution in [3.63, 3.8) is 0 Å². The summed E-state index contributed by atoms with van der Waals surface area (Å²) in [4.78, 5) is 28.1. The molecule has 0 radical (unpaired) electrons. The lowest BCUT2D eigenvalue weighted by atomic mass is 10.1. The van der Waals surface area contributed by atoms with Crippen molar-refractivity contribution in [2.75, 3.05) is 23.7 Å². The van der Waals surface area contributed by atoms with E-state index in [9.17, 15) is 18.0 Å². The highest BCUT2D eigenvalue weighted by atomic mass is 35.5. The van der Waals surface area contributed by atoms with Gasteiger partial charge >= 0.3 is 0 Å². The van der Waals surface area contributed by atoms with Crippen LogP contribution in [0, 0.1) is 0 Å². The highest BCUT2D eigenvalue weighted by Crippen LogP contribution is 2.27. The van der Waals surface area contributed by atoms with Gasteiger partial charge in [-0.3, -0.25) is 13.9 Å². The van der Waals surface area contributed by atoms with Gasteiger partial charge in [-0.15, -0.1) is 0 Å². The normalized spacial score (nSPS) is 13.1. The molecule has 2 amide bonds. The molecule has 0 aliphatic heterocycles. The Morgan fingerprint density at radius 1 is 1.00 bits per heavy atom. The number of nitrogens with zero attached hydrogens (tertiary/aromatic N) is 2. The number of rotatable bonds is 12. The van der Waals surface area contributed by atoms with Crippen molar-refractivity contribution in [3.05, 3.63) is 65.2 Å². The van der Waals surface area contributed by atoms with Gasteiger partial charge in [0.1, 0.15) is 12.6 Å². The maximum Gasteiger partial charge on any atom is 0.244 e. The number of carbonyl (C=O) groups is 2. The zero-order chi connectivity index (χ0) is 25.3. The monoisotopic (exact) mass is 507 g/mol. The molecule has 0 aliphatic rings. The Balaban J connectivity index is 2.37. The lowest BCUT2D eigenvalue weighted by molar-refractivity contribution is -0.139. The van der Waals surface area contributed by atoms with Gasteiger partial charge in [0, 0.05) is 12.6 Å². The number of amides is 2. The maximum atomic E-state index is 13.6. The first-order valence-electron chi connectivity index (χ1n) is 11.4. The number of hydrogen-bond acceptors (Lipinski definition) is 4. The zero-order valence-corrected chi connectivity index (χ0v) is 21.8. The largest absolute Gasteiger partial charge is 0.352 e. The third-order valence-electron chi connectivity index (χ3n) is 5.67. The van der Waals surface area contributed by atoms with Crippen LogP contribution in [0.1, 0.15) is 39.2 Å². The fourth-order valence-corrected chi connectivity index (χ4v) is 4.74. The van der Waals surface area contributed by atoms with Crippen LogP contribution in [0.5, 0.6) is 0 Å². The molecule has 2 unspecified atom stereocenters. The van der Waals surface area contributed by atoms with Crippen LogP contribution in [0.4, 0.5) is 5.69 Å². The van der Waals surface area contributed by atoms with E-state index in [1.165, 1.54) is 4.90 Å². The molecule has 0 heterocycles. The van der Waals surface area contributed by atoms with Gasteiger partial charge in [-0.05, 0) is 43.9 Å². The van der Waals surface area contributed by atoms with Gasteiger partial charge < -0.3 is 10.2 Å². The summed E-state index contributed by atoms with van der Waals surface area (Å²) in [5, 5.41) is 3.17. The first kappa shape index (κ1) is 27.7. The van der Waals surface area contributed by atoms with Gasteiger partial charge in [-0.2, -0.15) is 0 Å². The van der Waals surface area contributed by atoms with E-state index in [2.05, 4.69) is 5.32 Å². The number of para-hydroxylation sites is 1. The molecule has 0 saturated heterocycles. The third kappa shape index (κ3) is 7.74. The molecule has 0 fully saturated rings. The lowest BCUT2D eigenvalue weighted by Crippen LogP contribution is -2.54. The van der Waals surface area contributed by atoms with E-state index in [1.54, 1.807) is 24.3 Å². The minimum atomic E-state index is -3.81. The molecule has 0 spiro atoms. The Bertz CT molecular complexity index is 1060. The van der Waals surface area contributed by atoms with E-state index >= 15 is 0 Å². The minimum Gasteiger partial charge on any atom is -0.352 e. The Morgan fingerprint density at radius 2 is 1.62 bits per heavy atom. The first-order chi connectivity index (χ1) is 16.1. The number of nitrogens with one attached hydrogen (secondary N) is 1. The fraction of sp³-hybridized carbons (Fsp3) is 0.440. The predicted molar refractivity (Wildman–Crippen MR) is 137 cm³/mol. The summed E-state index contributed by atoms with van der Waals surface area (Å²) >= 11 is 6.25. The van der Waals surface area contributed by atoms with Gasteiger partial charge in [-0.25, -0.2) is 8.42 Å². The van der Waals surface area contributed by atoms with Gasteiger partial charge in [0.05, 0.1) is 17.0 Å². The number of hydrogen-bond donors (Lipinski definition) is 1. The average Bonchev–Trinajstić information content (AvgIpc) is 2.80. The summed E-state index contributed by atoms with van der Waals surface area (Å²) in [5.41, 5.74) is 1.24. The lowest BCUT2D eigenvalue weighted by Gasteiger charge is -2.33. The Labute approximate surface area is 208 Å². The van der Waals surface area contributed by atoms with Gasteiger partial charge in [0.15, 0.2) is 0 Å². The van der Waals surface area contributed by atoms with Crippen molar-refractivity contribution < 1.29 is 18.0 Å². The molecule has 34 heavy (non-hydrogen) atoms. The van der Waals surface area contributed by atoms with Crippen LogP contribution in [0.3, 0.4) is 0 Å². The first-order valence-corrected chi connectivity index (χ1v) is 13.7. The van der Waals surface area contributed by atoms with Gasteiger partial charge in [-0.1, -0.05) is 67.9 Å². The predicted octanol–water partition coefficient (Wildman–Crippen LogP) is 3.87. The Hall–Kier alpha value is -2.58. The third-order valence-corrected chi connectivity index (χ3v) is 7.12. The second-order valence-electron chi connectivity index (χ2n) is 8.29. The molecule has 2 atom stereocenters. The molecule has 2 aromatic carbocycles. The Kier molecular flexibility index (Phi) is 10.4. The fourth-order valence-electron chi connectivity index (χ4n) is 3.59. The number of carbonyl (C=O) groups excluding carboxylic acids is 2. The molecular formula is C25H34ClN3O4S. The van der Waals surface area contributed by atoms with Crippen LogP contribution in [-0.4, -0.2) is 56.6 Å². The van der Waals surface area contributed by atoms with E-state index in [4.69, 9.17) is 11.6 Å². The molecule has 1 N–H and O–H groups in total. The van der Waals surface area contributed by atoms with Gasteiger partial charge in [0.2, 0.25) is 21.8 Å². The summed E-state index contributed by atoms with van der Waals surface area (Å²) in [6, 6.07) is 15.4. The van der Waals surface area contributed by atoms with Crippen LogP contribution in [0.25, 0.3) is 0 Å². The summed E-state index contributed by atoms with van der Waals surface area (Å²) in [6.45, 7) is 5.53. The summed E-state index contributed by atoms with van der Waals surface area (Å²) in [5.74, 6) is -0.714. The van der Waals surface area contributed by atoms with Crippen LogP contribution in [-0.2, 0) is 26.0 Å². The van der Waals surface area contributed by atoms with Crippen molar-refractivity contribution in [2.24, 2.45) is 0 Å². The molecule has 0 aliphatic carbocycles. The second-order valence-corrected chi connectivity index (χ2v) is 10.6. The molecule has 2 rings (SSSR count). The highest BCUT2D eigenvalue weighted by molar-refractivity contribution is 7.92. The molecular weight excluding hydrogens is 474 g/mol. The summed E-state index contributed by atoms with van der Waals surface area (Å²) in [7, 11) is -3.81. The van der Waals surface area contributed by atoms with Crippen molar-refractivity contribution >= 4 is 39.1 Å². The molecule has 0 aromatic heterocycles. The highest BCUT2D eigenvalue weighted by Gasteiger charge is 2.32. The quantitative estimate of drug-likeness (QED) is 0.472. The van der Waals surface area contributed by atoms with E-state index in [-0.39, 0.29) is 29.2 Å². The second kappa shape index (κ2) is 12.8. The summed E-state index contributed by atoms with van der Waals surface area (Å²) < 4.78 is 26.2. The molecule has 2 aromatic rings. The number of benzene rings is 2. The average molecular weight is 508 g/mol. The molecule has 0 saturated carbocycles. The smallest absolute Gasteiger partial charge is 0.244 e. The van der Waals surface area contributed by atoms with Crippen LogP contribution >= 0.6 is 11.6 Å². The van der Waals surface area contributed by atoms with Crippen molar-refractivity contribution in [2.45, 2.75) is 52.1 Å². The van der Waals surface area contributed by atoms with Crippen molar-refractivity contribution in [3.8, 4) is 0 Å². The van der Waals surface area contributed by atoms with Crippen LogP contribution < -0.4 is 9.62 Å². The Morgan fingerprint density at radius 3 is 2.18 bits per heavy atom. The molecule has 186 valence electrons. The van der Waals surface area contributed by atoms with Crippen molar-refractivity contribution in [1.82, 2.24) is 10.2 Å². The van der Waals surface area contributed by atoms with Crippen LogP contribution in [0.15, 0.2) is 54.6 Å². The number of anilines is 1.